The molecule has 0 amide bonds. The van der Waals surface area contributed by atoms with Gasteiger partial charge in [-0.05, 0) is 17.7 Å². The maximum absolute atomic E-state index is 12.5. The normalized spacial score (nSPS) is 14.1. The molecule has 0 atom stereocenters. The molecule has 2 rings (SSSR count). The van der Waals surface area contributed by atoms with Gasteiger partial charge in [-0.2, -0.15) is 0 Å². The first-order chi connectivity index (χ1) is 7.02. The highest BCUT2D eigenvalue weighted by Crippen LogP contribution is 2.32. The summed E-state index contributed by atoms with van der Waals surface area (Å²) in [6, 6.07) is 1.84. The fourth-order valence-corrected chi connectivity index (χ4v) is 1.36. The molecule has 1 aliphatic heterocycles. The van der Waals surface area contributed by atoms with E-state index in [9.17, 15) is 17.7 Å². The second-order valence-electron chi connectivity index (χ2n) is 3.03. The Morgan fingerprint density at radius 2 is 1.80 bits per heavy atom. The Hall–Kier alpha value is -1.66. The van der Waals surface area contributed by atoms with Gasteiger partial charge in [0, 0.05) is 0 Å². The second kappa shape index (κ2) is 3.18. The van der Waals surface area contributed by atoms with E-state index in [2.05, 4.69) is 0 Å². The quantitative estimate of drug-likeness (QED) is 0.552. The molecule has 0 fully saturated rings. The average Bonchev–Trinajstić information content (AvgIpc) is 2.60. The number of hydrogen-bond donors (Lipinski definition) is 0. The molecule has 0 spiro atoms. The third-order valence-corrected chi connectivity index (χ3v) is 2.06. The number of carbonyl (C=O) groups excluding carboxylic acids is 1. The summed E-state index contributed by atoms with van der Waals surface area (Å²) < 4.78 is 47.2. The molecular weight excluding hydrogens is 212 g/mol. The average molecular weight is 217 g/mol. The van der Waals surface area contributed by atoms with Crippen molar-refractivity contribution in [1.82, 2.24) is 0 Å². The zero-order valence-corrected chi connectivity index (χ0v) is 7.38. The van der Waals surface area contributed by atoms with E-state index in [1.54, 1.807) is 0 Å². The first-order valence-corrected chi connectivity index (χ1v) is 4.11. The van der Waals surface area contributed by atoms with Gasteiger partial charge in [-0.15, -0.1) is 0 Å². The van der Waals surface area contributed by atoms with E-state index in [1.807, 2.05) is 0 Å². The van der Waals surface area contributed by atoms with Crippen molar-refractivity contribution in [3.05, 3.63) is 17.7 Å². The topological polar surface area (TPSA) is 35.5 Å². The van der Waals surface area contributed by atoms with Gasteiger partial charge in [-0.3, -0.25) is 4.79 Å². The number of aldehydes is 1. The Morgan fingerprint density at radius 3 is 2.33 bits per heavy atom. The monoisotopic (exact) mass is 217 g/mol. The fraction of sp³-hybridized carbons (Fsp3) is 0.125. The van der Waals surface area contributed by atoms with Gasteiger partial charge in [0.05, 0.1) is 0 Å². The van der Waals surface area contributed by atoms with Gasteiger partial charge < -0.3 is 22.4 Å². The van der Waals surface area contributed by atoms with Crippen LogP contribution in [-0.2, 0) is 0 Å². The number of carbonyl (C=O) groups is 1. The van der Waals surface area contributed by atoms with Gasteiger partial charge in [-0.1, -0.05) is 5.46 Å². The maximum Gasteiger partial charge on any atom is 0.510 e. The van der Waals surface area contributed by atoms with Gasteiger partial charge in [0.15, 0.2) is 11.5 Å². The third-order valence-electron chi connectivity index (χ3n) is 2.06. The molecule has 7 heteroatoms. The van der Waals surface area contributed by atoms with Crippen molar-refractivity contribution >= 4 is 18.7 Å². The van der Waals surface area contributed by atoms with E-state index < -0.39 is 18.0 Å². The predicted octanol–water partition coefficient (Wildman–Crippen LogP) is 1.28. The first-order valence-electron chi connectivity index (χ1n) is 4.11. The maximum atomic E-state index is 12.5. The predicted molar refractivity (Wildman–Crippen MR) is 46.7 cm³/mol. The lowest BCUT2D eigenvalue weighted by Crippen LogP contribution is -2.36. The minimum Gasteiger partial charge on any atom is -0.454 e. The molecule has 1 aromatic rings. The molecule has 0 bridgehead atoms. The molecule has 0 aliphatic carbocycles. The standard InChI is InChI=1S/C8H5BF3O3/c10-9(11,12)6-2-8-7(14-4-15-8)1-5(6)3-13/h1-3H,4H2/q-1. The highest BCUT2D eigenvalue weighted by atomic mass is 19.4. The van der Waals surface area contributed by atoms with E-state index in [-0.39, 0.29) is 24.6 Å². The lowest BCUT2D eigenvalue weighted by atomic mass is 9.77. The molecule has 1 aromatic carbocycles. The van der Waals surface area contributed by atoms with E-state index in [4.69, 9.17) is 9.47 Å². The van der Waals surface area contributed by atoms with Crippen LogP contribution >= 0.6 is 0 Å². The summed E-state index contributed by atoms with van der Waals surface area (Å²) in [6.07, 6.45) is 0.159. The largest absolute Gasteiger partial charge is 0.510 e. The number of halogens is 3. The number of hydrogen-bond acceptors (Lipinski definition) is 3. The minimum atomic E-state index is -5.22. The molecule has 80 valence electrons. The van der Waals surface area contributed by atoms with Crippen molar-refractivity contribution in [3.8, 4) is 11.5 Å². The summed E-state index contributed by atoms with van der Waals surface area (Å²) in [6.45, 7) is -5.34. The highest BCUT2D eigenvalue weighted by molar-refractivity contribution is 6.74. The molecular formula is C8H5BF3O3-. The van der Waals surface area contributed by atoms with E-state index >= 15 is 0 Å². The summed E-state index contributed by atoms with van der Waals surface area (Å²) >= 11 is 0. The number of benzene rings is 1. The van der Waals surface area contributed by atoms with E-state index in [0.717, 1.165) is 12.1 Å². The molecule has 0 N–H and O–H groups in total. The third kappa shape index (κ3) is 1.64. The van der Waals surface area contributed by atoms with Crippen molar-refractivity contribution in [2.45, 2.75) is 0 Å². The zero-order valence-electron chi connectivity index (χ0n) is 7.38. The van der Waals surface area contributed by atoms with Gasteiger partial charge >= 0.3 is 6.98 Å². The van der Waals surface area contributed by atoms with Gasteiger partial charge in [0.25, 0.3) is 0 Å². The molecule has 3 nitrogen and oxygen atoms in total. The smallest absolute Gasteiger partial charge is 0.454 e. The summed E-state index contributed by atoms with van der Waals surface area (Å²) in [5, 5.41) is 0. The molecule has 0 saturated carbocycles. The van der Waals surface area contributed by atoms with Crippen LogP contribution in [0.5, 0.6) is 11.5 Å². The molecule has 0 aromatic heterocycles. The Morgan fingerprint density at radius 1 is 1.20 bits per heavy atom. The minimum absolute atomic E-state index is 0.0230. The van der Waals surface area contributed by atoms with Crippen molar-refractivity contribution in [1.29, 1.82) is 0 Å². The first kappa shape index (κ1) is 9.88. The summed E-state index contributed by atoms with van der Waals surface area (Å²) in [5.74, 6) is 0.190. The molecule has 0 radical (unpaired) electrons. The molecule has 0 unspecified atom stereocenters. The van der Waals surface area contributed by atoms with Crippen LogP contribution in [0.2, 0.25) is 0 Å². The van der Waals surface area contributed by atoms with Crippen LogP contribution in [0.25, 0.3) is 0 Å². The SMILES string of the molecule is O=Cc1cc2c(cc1[B-](F)(F)F)OCO2. The van der Waals surface area contributed by atoms with E-state index in [0.29, 0.717) is 0 Å². The molecule has 0 saturated heterocycles. The van der Waals surface area contributed by atoms with Crippen molar-refractivity contribution in [2.75, 3.05) is 6.79 Å². The van der Waals surface area contributed by atoms with Gasteiger partial charge in [0.2, 0.25) is 6.79 Å². The Kier molecular flexibility index (Phi) is 2.10. The van der Waals surface area contributed by atoms with Crippen LogP contribution < -0.4 is 14.9 Å². The van der Waals surface area contributed by atoms with Crippen molar-refractivity contribution in [2.24, 2.45) is 0 Å². The summed E-state index contributed by atoms with van der Waals surface area (Å²) in [4.78, 5) is 10.5. The van der Waals surface area contributed by atoms with Crippen LogP contribution in [0.3, 0.4) is 0 Å². The Balaban J connectivity index is 2.59. The lowest BCUT2D eigenvalue weighted by molar-refractivity contribution is 0.112. The van der Waals surface area contributed by atoms with Crippen molar-refractivity contribution in [3.63, 3.8) is 0 Å². The summed E-state index contributed by atoms with van der Waals surface area (Å²) in [5.41, 5.74) is -1.37. The van der Waals surface area contributed by atoms with Crippen LogP contribution in [-0.4, -0.2) is 20.1 Å². The fourth-order valence-electron chi connectivity index (χ4n) is 1.36. The number of fused-ring (bicyclic) bond motifs is 1. The molecule has 15 heavy (non-hydrogen) atoms. The molecule has 1 heterocycles. The van der Waals surface area contributed by atoms with Crippen LogP contribution in [0.1, 0.15) is 10.4 Å². The van der Waals surface area contributed by atoms with Crippen LogP contribution in [0, 0.1) is 0 Å². The zero-order chi connectivity index (χ0) is 11.1. The number of rotatable bonds is 2. The summed E-state index contributed by atoms with van der Waals surface area (Å²) in [7, 11) is 0. The second-order valence-corrected chi connectivity index (χ2v) is 3.03. The van der Waals surface area contributed by atoms with Gasteiger partial charge in [0.1, 0.15) is 6.29 Å². The van der Waals surface area contributed by atoms with Crippen LogP contribution in [0.15, 0.2) is 12.1 Å². The van der Waals surface area contributed by atoms with Gasteiger partial charge in [-0.25, -0.2) is 0 Å². The lowest BCUT2D eigenvalue weighted by Gasteiger charge is -2.17. The van der Waals surface area contributed by atoms with Crippen LogP contribution in [0.4, 0.5) is 12.9 Å². The number of ether oxygens (including phenoxy) is 2. The molecule has 1 aliphatic rings. The van der Waals surface area contributed by atoms with E-state index in [1.165, 1.54) is 0 Å². The van der Waals surface area contributed by atoms with Crippen molar-refractivity contribution < 1.29 is 27.2 Å². The Bertz CT molecular complexity index is 416. The Labute approximate surface area is 82.8 Å². The highest BCUT2D eigenvalue weighted by Gasteiger charge is 2.31.